The molecular formula is C18H16N2O. The lowest BCUT2D eigenvalue weighted by atomic mass is 10.0. The van der Waals surface area contributed by atoms with Crippen molar-refractivity contribution >= 4 is 11.6 Å². The maximum Gasteiger partial charge on any atom is 0.242 e. The summed E-state index contributed by atoms with van der Waals surface area (Å²) >= 11 is 0. The van der Waals surface area contributed by atoms with Gasteiger partial charge in [0.25, 0.3) is 0 Å². The molecule has 0 saturated carbocycles. The van der Waals surface area contributed by atoms with Crippen molar-refractivity contribution in [2.45, 2.75) is 0 Å². The van der Waals surface area contributed by atoms with Crippen LogP contribution >= 0.6 is 0 Å². The van der Waals surface area contributed by atoms with E-state index in [4.69, 9.17) is 6.42 Å². The van der Waals surface area contributed by atoms with Gasteiger partial charge in [0.2, 0.25) is 5.91 Å². The first kappa shape index (κ1) is 14.5. The van der Waals surface area contributed by atoms with Crippen LogP contribution in [0.15, 0.2) is 65.7 Å². The number of rotatable bonds is 5. The molecule has 0 unspecified atom stereocenters. The Hall–Kier alpha value is -2.86. The predicted molar refractivity (Wildman–Crippen MR) is 85.2 cm³/mol. The molecule has 1 amide bonds. The van der Waals surface area contributed by atoms with Gasteiger partial charge in [0.05, 0.1) is 12.3 Å². The number of amides is 1. The van der Waals surface area contributed by atoms with Crippen LogP contribution in [-0.4, -0.2) is 24.7 Å². The fourth-order valence-electron chi connectivity index (χ4n) is 1.90. The van der Waals surface area contributed by atoms with E-state index in [-0.39, 0.29) is 19.0 Å². The molecule has 0 fully saturated rings. The quantitative estimate of drug-likeness (QED) is 0.660. The van der Waals surface area contributed by atoms with Gasteiger partial charge in [0, 0.05) is 11.1 Å². The van der Waals surface area contributed by atoms with Gasteiger partial charge in [-0.1, -0.05) is 66.6 Å². The van der Waals surface area contributed by atoms with Crippen LogP contribution in [0.4, 0.5) is 0 Å². The van der Waals surface area contributed by atoms with Crippen molar-refractivity contribution in [1.29, 1.82) is 0 Å². The van der Waals surface area contributed by atoms with E-state index in [1.165, 1.54) is 0 Å². The van der Waals surface area contributed by atoms with Crippen molar-refractivity contribution < 1.29 is 4.79 Å². The van der Waals surface area contributed by atoms with Gasteiger partial charge in [-0.05, 0) is 0 Å². The van der Waals surface area contributed by atoms with Crippen LogP contribution in [0.25, 0.3) is 0 Å². The van der Waals surface area contributed by atoms with Crippen molar-refractivity contribution in [3.8, 4) is 12.3 Å². The number of benzene rings is 2. The van der Waals surface area contributed by atoms with Crippen LogP contribution in [0.5, 0.6) is 0 Å². The van der Waals surface area contributed by atoms with E-state index in [2.05, 4.69) is 16.2 Å². The number of hydrogen-bond acceptors (Lipinski definition) is 2. The largest absolute Gasteiger partial charge is 0.344 e. The summed E-state index contributed by atoms with van der Waals surface area (Å²) in [6, 6.07) is 19.6. The number of hydrogen-bond donors (Lipinski definition) is 1. The highest BCUT2D eigenvalue weighted by Crippen LogP contribution is 2.10. The van der Waals surface area contributed by atoms with Crippen LogP contribution in [0.1, 0.15) is 11.1 Å². The van der Waals surface area contributed by atoms with Crippen LogP contribution in [0.3, 0.4) is 0 Å². The summed E-state index contributed by atoms with van der Waals surface area (Å²) in [4.78, 5) is 16.1. The number of nitrogens with zero attached hydrogens (tertiary/aromatic N) is 1. The fourth-order valence-corrected chi connectivity index (χ4v) is 1.90. The van der Waals surface area contributed by atoms with Gasteiger partial charge in [0.1, 0.15) is 6.54 Å². The zero-order valence-electron chi connectivity index (χ0n) is 11.6. The Morgan fingerprint density at radius 1 is 1.00 bits per heavy atom. The molecule has 2 rings (SSSR count). The first-order chi connectivity index (χ1) is 10.3. The second kappa shape index (κ2) is 7.66. The van der Waals surface area contributed by atoms with Crippen molar-refractivity contribution in [3.05, 3.63) is 71.8 Å². The molecule has 3 nitrogen and oxygen atoms in total. The molecule has 2 aromatic rings. The second-order valence-corrected chi connectivity index (χ2v) is 4.38. The average Bonchev–Trinajstić information content (AvgIpc) is 2.55. The molecule has 0 aromatic heterocycles. The minimum absolute atomic E-state index is 0.0564. The molecule has 2 aromatic carbocycles. The summed E-state index contributed by atoms with van der Waals surface area (Å²) in [6.07, 6.45) is 5.11. The molecule has 104 valence electrons. The Labute approximate surface area is 124 Å². The number of aliphatic imine (C=N–C) groups is 1. The van der Waals surface area contributed by atoms with Crippen LogP contribution in [0, 0.1) is 12.3 Å². The highest BCUT2D eigenvalue weighted by atomic mass is 16.1. The molecule has 0 atom stereocenters. The number of carbonyl (C=O) groups is 1. The normalized spacial score (nSPS) is 9.48. The smallest absolute Gasteiger partial charge is 0.242 e. The molecule has 0 aliphatic heterocycles. The number of nitrogens with one attached hydrogen (secondary N) is 1. The number of terminal acetylenes is 1. The van der Waals surface area contributed by atoms with Gasteiger partial charge in [-0.25, -0.2) is 0 Å². The third kappa shape index (κ3) is 4.32. The van der Waals surface area contributed by atoms with E-state index in [1.807, 2.05) is 60.7 Å². The molecule has 0 aliphatic carbocycles. The molecule has 21 heavy (non-hydrogen) atoms. The molecule has 0 saturated heterocycles. The molecule has 0 bridgehead atoms. The highest BCUT2D eigenvalue weighted by Gasteiger charge is 2.07. The standard InChI is InChI=1S/C18H16N2O/c1-2-13-19-17(21)14-20-18(15-9-5-3-6-10-15)16-11-7-4-8-12-16/h1,3-12H,13-14H2,(H,19,21). The Morgan fingerprint density at radius 3 is 2.00 bits per heavy atom. The van der Waals surface area contributed by atoms with E-state index in [0.717, 1.165) is 16.8 Å². The van der Waals surface area contributed by atoms with E-state index in [1.54, 1.807) is 0 Å². The zero-order chi connectivity index (χ0) is 14.9. The second-order valence-electron chi connectivity index (χ2n) is 4.38. The lowest BCUT2D eigenvalue weighted by molar-refractivity contribution is -0.119. The van der Waals surface area contributed by atoms with Gasteiger partial charge in [-0.2, -0.15) is 0 Å². The minimum Gasteiger partial charge on any atom is -0.344 e. The summed E-state index contributed by atoms with van der Waals surface area (Å²) in [5.74, 6) is 2.19. The van der Waals surface area contributed by atoms with Crippen molar-refractivity contribution in [2.24, 2.45) is 4.99 Å². The number of carbonyl (C=O) groups excluding carboxylic acids is 1. The Balaban J connectivity index is 2.25. The molecule has 1 N–H and O–H groups in total. The fraction of sp³-hybridized carbons (Fsp3) is 0.111. The zero-order valence-corrected chi connectivity index (χ0v) is 11.6. The summed E-state index contributed by atoms with van der Waals surface area (Å²) in [5.41, 5.74) is 2.76. The first-order valence-electron chi connectivity index (χ1n) is 6.66. The maximum atomic E-state index is 11.7. The third-order valence-corrected chi connectivity index (χ3v) is 2.86. The average molecular weight is 276 g/mol. The maximum absolute atomic E-state index is 11.7. The molecule has 3 heteroatoms. The molecule has 0 heterocycles. The van der Waals surface area contributed by atoms with E-state index in [0.29, 0.717) is 0 Å². The summed E-state index contributed by atoms with van der Waals surface area (Å²) in [7, 11) is 0. The highest BCUT2D eigenvalue weighted by molar-refractivity contribution is 6.13. The SMILES string of the molecule is C#CCNC(=O)CN=C(c1ccccc1)c1ccccc1. The molecule has 0 radical (unpaired) electrons. The van der Waals surface area contributed by atoms with E-state index < -0.39 is 0 Å². The summed E-state index contributed by atoms with van der Waals surface area (Å²) in [5, 5.41) is 2.61. The van der Waals surface area contributed by atoms with Crippen molar-refractivity contribution in [3.63, 3.8) is 0 Å². The van der Waals surface area contributed by atoms with Crippen molar-refractivity contribution in [2.75, 3.05) is 13.1 Å². The topological polar surface area (TPSA) is 41.5 Å². The summed E-state index contributed by atoms with van der Waals surface area (Å²) < 4.78 is 0. The lowest BCUT2D eigenvalue weighted by Gasteiger charge is -2.07. The van der Waals surface area contributed by atoms with Gasteiger partial charge >= 0.3 is 0 Å². The lowest BCUT2D eigenvalue weighted by Crippen LogP contribution is -2.26. The minimum atomic E-state index is -0.183. The Morgan fingerprint density at radius 2 is 1.52 bits per heavy atom. The van der Waals surface area contributed by atoms with E-state index >= 15 is 0 Å². The van der Waals surface area contributed by atoms with Gasteiger partial charge < -0.3 is 5.32 Å². The van der Waals surface area contributed by atoms with Gasteiger partial charge in [-0.15, -0.1) is 6.42 Å². The first-order valence-corrected chi connectivity index (χ1v) is 6.66. The Kier molecular flexibility index (Phi) is 5.31. The van der Waals surface area contributed by atoms with Crippen LogP contribution < -0.4 is 5.32 Å². The van der Waals surface area contributed by atoms with Gasteiger partial charge in [-0.3, -0.25) is 9.79 Å². The third-order valence-electron chi connectivity index (χ3n) is 2.86. The monoisotopic (exact) mass is 276 g/mol. The van der Waals surface area contributed by atoms with Crippen LogP contribution in [0.2, 0.25) is 0 Å². The summed E-state index contributed by atoms with van der Waals surface area (Å²) in [6.45, 7) is 0.279. The molecule has 0 aliphatic rings. The van der Waals surface area contributed by atoms with Gasteiger partial charge in [0.15, 0.2) is 0 Å². The Bertz CT molecular complexity index is 613. The molecular weight excluding hydrogens is 260 g/mol. The van der Waals surface area contributed by atoms with Crippen LogP contribution in [-0.2, 0) is 4.79 Å². The molecule has 0 spiro atoms. The predicted octanol–water partition coefficient (Wildman–Crippen LogP) is 2.27. The van der Waals surface area contributed by atoms with Crippen molar-refractivity contribution in [1.82, 2.24) is 5.32 Å². The van der Waals surface area contributed by atoms with E-state index in [9.17, 15) is 4.79 Å².